The lowest BCUT2D eigenvalue weighted by Crippen LogP contribution is -2.45. The topological polar surface area (TPSA) is 27.7 Å². The molecule has 0 unspecified atom stereocenters. The van der Waals surface area contributed by atoms with Crippen LogP contribution in [0.15, 0.2) is 30.3 Å². The molecule has 0 aromatic heterocycles. The van der Waals surface area contributed by atoms with Crippen molar-refractivity contribution in [2.24, 2.45) is 0 Å². The van der Waals surface area contributed by atoms with Gasteiger partial charge in [-0.1, -0.05) is 62.4 Å². The number of rotatable bonds is 7. The summed E-state index contributed by atoms with van der Waals surface area (Å²) in [5.41, 5.74) is 1.33. The van der Waals surface area contributed by atoms with Gasteiger partial charge in [0, 0.05) is 38.8 Å². The Hall–Kier alpha value is -1.17. The predicted molar refractivity (Wildman–Crippen MR) is 121 cm³/mol. The maximum absolute atomic E-state index is 5.88. The molecule has 3 rings (SSSR count). The van der Waals surface area contributed by atoms with E-state index < -0.39 is 0 Å². The maximum atomic E-state index is 5.88. The van der Waals surface area contributed by atoms with Crippen molar-refractivity contribution in [3.63, 3.8) is 0 Å². The van der Waals surface area contributed by atoms with Gasteiger partial charge in [0.25, 0.3) is 0 Å². The molecule has 2 fully saturated rings. The van der Waals surface area contributed by atoms with Crippen molar-refractivity contribution in [2.45, 2.75) is 64.0 Å². The van der Waals surface area contributed by atoms with E-state index in [9.17, 15) is 0 Å². The summed E-state index contributed by atoms with van der Waals surface area (Å²) in [6.07, 6.45) is 10.5. The minimum absolute atomic E-state index is 0.547. The molecule has 0 radical (unpaired) electrons. The van der Waals surface area contributed by atoms with Gasteiger partial charge in [-0.05, 0) is 37.0 Å². The highest BCUT2D eigenvalue weighted by Gasteiger charge is 2.17. The predicted octanol–water partition coefficient (Wildman–Crippen LogP) is 4.20. The average Bonchev–Trinajstić information content (AvgIpc) is 2.70. The van der Waals surface area contributed by atoms with Crippen LogP contribution in [0.3, 0.4) is 0 Å². The van der Waals surface area contributed by atoms with Gasteiger partial charge in [-0.3, -0.25) is 4.90 Å². The summed E-state index contributed by atoms with van der Waals surface area (Å²) in [5.74, 6) is 0. The van der Waals surface area contributed by atoms with E-state index >= 15 is 0 Å². The highest BCUT2D eigenvalue weighted by atomic mass is 32.1. The van der Waals surface area contributed by atoms with E-state index in [0.717, 1.165) is 57.5 Å². The van der Waals surface area contributed by atoms with Crippen molar-refractivity contribution >= 4 is 17.3 Å². The third-order valence-electron chi connectivity index (χ3n) is 5.94. The molecule has 4 nitrogen and oxygen atoms in total. The quantitative estimate of drug-likeness (QED) is 0.689. The van der Waals surface area contributed by atoms with Crippen LogP contribution in [0.2, 0.25) is 0 Å². The first kappa shape index (κ1) is 21.5. The molecule has 0 bridgehead atoms. The van der Waals surface area contributed by atoms with Gasteiger partial charge in [0.05, 0.1) is 13.2 Å². The van der Waals surface area contributed by atoms with E-state index in [4.69, 9.17) is 17.0 Å². The molecule has 1 heterocycles. The van der Waals surface area contributed by atoms with Gasteiger partial charge in [0.15, 0.2) is 5.11 Å². The van der Waals surface area contributed by atoms with Crippen LogP contribution in [0, 0.1) is 0 Å². The lowest BCUT2D eigenvalue weighted by Gasteiger charge is -2.32. The first-order valence-electron chi connectivity index (χ1n) is 11.2. The Bertz CT molecular complexity index is 554. The SMILES string of the molecule is S=C(NC1CCCCCCC1)N(CCCN1CCOCC1)Cc1ccccc1. The molecule has 1 aliphatic heterocycles. The molecule has 156 valence electrons. The molecular weight excluding hydrogens is 366 g/mol. The standard InChI is InChI=1S/C23H37N3OS/c28-23(24-22-12-7-2-1-3-8-13-22)26(20-21-10-5-4-6-11-21)15-9-14-25-16-18-27-19-17-25/h4-6,10-11,22H,1-3,7-9,12-20H2,(H,24,28). The minimum Gasteiger partial charge on any atom is -0.379 e. The maximum Gasteiger partial charge on any atom is 0.169 e. The molecule has 1 N–H and O–H groups in total. The van der Waals surface area contributed by atoms with Crippen LogP contribution in [0.1, 0.15) is 56.9 Å². The Morgan fingerprint density at radius 2 is 1.71 bits per heavy atom. The Balaban J connectivity index is 1.53. The zero-order valence-electron chi connectivity index (χ0n) is 17.3. The number of hydrogen-bond donors (Lipinski definition) is 1. The van der Waals surface area contributed by atoms with Gasteiger partial charge in [-0.15, -0.1) is 0 Å². The smallest absolute Gasteiger partial charge is 0.169 e. The Labute approximate surface area is 176 Å². The number of morpholine rings is 1. The van der Waals surface area contributed by atoms with E-state index in [-0.39, 0.29) is 0 Å². The second-order valence-electron chi connectivity index (χ2n) is 8.21. The molecule has 1 saturated heterocycles. The number of benzene rings is 1. The Morgan fingerprint density at radius 1 is 1.04 bits per heavy atom. The third kappa shape index (κ3) is 7.69. The van der Waals surface area contributed by atoms with Gasteiger partial charge >= 0.3 is 0 Å². The van der Waals surface area contributed by atoms with Crippen LogP contribution in [-0.2, 0) is 11.3 Å². The highest BCUT2D eigenvalue weighted by molar-refractivity contribution is 7.80. The van der Waals surface area contributed by atoms with Gasteiger partial charge in [-0.25, -0.2) is 0 Å². The number of hydrogen-bond acceptors (Lipinski definition) is 3. The molecule has 0 amide bonds. The lowest BCUT2D eigenvalue weighted by atomic mass is 9.97. The fraction of sp³-hybridized carbons (Fsp3) is 0.696. The van der Waals surface area contributed by atoms with Gasteiger partial charge in [0.2, 0.25) is 0 Å². The van der Waals surface area contributed by atoms with E-state index in [1.54, 1.807) is 0 Å². The van der Waals surface area contributed by atoms with E-state index in [0.29, 0.717) is 6.04 Å². The first-order chi connectivity index (χ1) is 13.8. The molecule has 0 spiro atoms. The monoisotopic (exact) mass is 403 g/mol. The molecular formula is C23H37N3OS. The number of thiocarbonyl (C=S) groups is 1. The summed E-state index contributed by atoms with van der Waals surface area (Å²) in [7, 11) is 0. The van der Waals surface area contributed by atoms with Crippen LogP contribution in [0.5, 0.6) is 0 Å². The van der Waals surface area contributed by atoms with Crippen molar-refractivity contribution in [3.05, 3.63) is 35.9 Å². The molecule has 1 saturated carbocycles. The fourth-order valence-electron chi connectivity index (χ4n) is 4.23. The van der Waals surface area contributed by atoms with E-state index in [1.807, 2.05) is 0 Å². The van der Waals surface area contributed by atoms with Crippen LogP contribution in [0.4, 0.5) is 0 Å². The average molecular weight is 404 g/mol. The number of ether oxygens (including phenoxy) is 1. The summed E-state index contributed by atoms with van der Waals surface area (Å²) in [6, 6.07) is 11.3. The van der Waals surface area contributed by atoms with Crippen molar-refractivity contribution in [1.82, 2.24) is 15.1 Å². The summed E-state index contributed by atoms with van der Waals surface area (Å²) >= 11 is 5.88. The molecule has 0 atom stereocenters. The van der Waals surface area contributed by atoms with Crippen molar-refractivity contribution in [3.8, 4) is 0 Å². The zero-order chi connectivity index (χ0) is 19.4. The normalized spacial score (nSPS) is 19.6. The van der Waals surface area contributed by atoms with Crippen LogP contribution >= 0.6 is 12.2 Å². The summed E-state index contributed by atoms with van der Waals surface area (Å²) < 4.78 is 5.47. The van der Waals surface area contributed by atoms with Gasteiger partial charge < -0.3 is 15.0 Å². The Kier molecular flexibility index (Phi) is 9.54. The molecule has 28 heavy (non-hydrogen) atoms. The first-order valence-corrected chi connectivity index (χ1v) is 11.6. The van der Waals surface area contributed by atoms with E-state index in [2.05, 4.69) is 45.4 Å². The molecule has 2 aliphatic rings. The molecule has 1 aromatic carbocycles. The molecule has 1 aliphatic carbocycles. The van der Waals surface area contributed by atoms with Crippen LogP contribution in [-0.4, -0.2) is 60.3 Å². The highest BCUT2D eigenvalue weighted by Crippen LogP contribution is 2.18. The fourth-order valence-corrected chi connectivity index (χ4v) is 4.56. The number of nitrogens with zero attached hydrogens (tertiary/aromatic N) is 2. The summed E-state index contributed by atoms with van der Waals surface area (Å²) in [4.78, 5) is 4.89. The second-order valence-corrected chi connectivity index (χ2v) is 8.59. The third-order valence-corrected chi connectivity index (χ3v) is 6.32. The minimum atomic E-state index is 0.547. The second kappa shape index (κ2) is 12.4. The van der Waals surface area contributed by atoms with Crippen LogP contribution in [0.25, 0.3) is 0 Å². The van der Waals surface area contributed by atoms with Crippen molar-refractivity contribution in [1.29, 1.82) is 0 Å². The van der Waals surface area contributed by atoms with E-state index in [1.165, 1.54) is 50.5 Å². The Morgan fingerprint density at radius 3 is 2.43 bits per heavy atom. The van der Waals surface area contributed by atoms with Crippen molar-refractivity contribution < 1.29 is 4.74 Å². The van der Waals surface area contributed by atoms with Gasteiger partial charge in [-0.2, -0.15) is 0 Å². The van der Waals surface area contributed by atoms with Crippen LogP contribution < -0.4 is 5.32 Å². The summed E-state index contributed by atoms with van der Waals surface area (Å²) in [5, 5.41) is 4.66. The number of nitrogens with one attached hydrogen (secondary N) is 1. The molecule has 1 aromatic rings. The lowest BCUT2D eigenvalue weighted by molar-refractivity contribution is 0.0367. The summed E-state index contributed by atoms with van der Waals surface area (Å²) in [6.45, 7) is 6.88. The largest absolute Gasteiger partial charge is 0.379 e. The van der Waals surface area contributed by atoms with Crippen molar-refractivity contribution in [2.75, 3.05) is 39.4 Å². The molecule has 5 heteroatoms. The van der Waals surface area contributed by atoms with Gasteiger partial charge in [0.1, 0.15) is 0 Å². The zero-order valence-corrected chi connectivity index (χ0v) is 18.1.